The molecule has 0 aliphatic heterocycles. The SMILES string of the molecule is CCNc1cc(C(=O)Nc2nccs2)c2ccccc2n1. The second kappa shape index (κ2) is 5.88. The number of pyridine rings is 1. The fourth-order valence-corrected chi connectivity index (χ4v) is 2.61. The van der Waals surface area contributed by atoms with E-state index in [4.69, 9.17) is 0 Å². The Morgan fingerprint density at radius 3 is 2.95 bits per heavy atom. The number of nitrogens with one attached hydrogen (secondary N) is 2. The molecule has 0 fully saturated rings. The highest BCUT2D eigenvalue weighted by atomic mass is 32.1. The van der Waals surface area contributed by atoms with Crippen LogP contribution in [0.5, 0.6) is 0 Å². The summed E-state index contributed by atoms with van der Waals surface area (Å²) in [7, 11) is 0. The van der Waals surface area contributed by atoms with E-state index < -0.39 is 0 Å². The molecule has 0 aliphatic rings. The fourth-order valence-electron chi connectivity index (χ4n) is 2.08. The molecule has 21 heavy (non-hydrogen) atoms. The molecule has 0 unspecified atom stereocenters. The van der Waals surface area contributed by atoms with Crippen LogP contribution in [0.4, 0.5) is 10.9 Å². The highest BCUT2D eigenvalue weighted by Crippen LogP contribution is 2.22. The normalized spacial score (nSPS) is 10.5. The lowest BCUT2D eigenvalue weighted by atomic mass is 10.1. The molecule has 3 aromatic rings. The van der Waals surface area contributed by atoms with E-state index in [0.29, 0.717) is 16.5 Å². The summed E-state index contributed by atoms with van der Waals surface area (Å²) >= 11 is 1.39. The van der Waals surface area contributed by atoms with Gasteiger partial charge in [-0.3, -0.25) is 10.1 Å². The van der Waals surface area contributed by atoms with Crippen LogP contribution in [0.25, 0.3) is 10.9 Å². The van der Waals surface area contributed by atoms with E-state index in [2.05, 4.69) is 20.6 Å². The van der Waals surface area contributed by atoms with Crippen molar-refractivity contribution in [3.8, 4) is 0 Å². The van der Waals surface area contributed by atoms with Gasteiger partial charge < -0.3 is 5.32 Å². The number of nitrogens with zero attached hydrogens (tertiary/aromatic N) is 2. The van der Waals surface area contributed by atoms with E-state index in [1.165, 1.54) is 11.3 Å². The molecule has 0 spiro atoms. The molecule has 0 atom stereocenters. The van der Waals surface area contributed by atoms with Crippen molar-refractivity contribution in [3.05, 3.63) is 47.5 Å². The lowest BCUT2D eigenvalue weighted by molar-refractivity contribution is 0.102. The van der Waals surface area contributed by atoms with Gasteiger partial charge >= 0.3 is 0 Å². The summed E-state index contributed by atoms with van der Waals surface area (Å²) < 4.78 is 0. The number of para-hydroxylation sites is 1. The van der Waals surface area contributed by atoms with Gasteiger partial charge in [0.05, 0.1) is 11.1 Å². The number of benzene rings is 1. The molecule has 6 heteroatoms. The van der Waals surface area contributed by atoms with Crippen LogP contribution in [-0.2, 0) is 0 Å². The maximum absolute atomic E-state index is 12.5. The number of hydrogen-bond acceptors (Lipinski definition) is 5. The number of carbonyl (C=O) groups is 1. The minimum absolute atomic E-state index is 0.178. The summed E-state index contributed by atoms with van der Waals surface area (Å²) in [5.74, 6) is 0.517. The summed E-state index contributed by atoms with van der Waals surface area (Å²) in [5, 5.41) is 9.20. The Labute approximate surface area is 126 Å². The van der Waals surface area contributed by atoms with Crippen molar-refractivity contribution in [2.24, 2.45) is 0 Å². The molecular formula is C15H14N4OS. The summed E-state index contributed by atoms with van der Waals surface area (Å²) in [4.78, 5) is 21.1. The van der Waals surface area contributed by atoms with Crippen LogP contribution >= 0.6 is 11.3 Å². The summed E-state index contributed by atoms with van der Waals surface area (Å²) in [6, 6.07) is 9.38. The maximum Gasteiger partial charge on any atom is 0.258 e. The number of rotatable bonds is 4. The molecule has 2 N–H and O–H groups in total. The number of aromatic nitrogens is 2. The molecule has 3 rings (SSSR count). The van der Waals surface area contributed by atoms with Crippen LogP contribution in [-0.4, -0.2) is 22.4 Å². The zero-order valence-corrected chi connectivity index (χ0v) is 12.3. The largest absolute Gasteiger partial charge is 0.370 e. The van der Waals surface area contributed by atoms with E-state index in [9.17, 15) is 4.79 Å². The van der Waals surface area contributed by atoms with E-state index in [1.54, 1.807) is 12.3 Å². The smallest absolute Gasteiger partial charge is 0.258 e. The average Bonchev–Trinajstić information content (AvgIpc) is 2.99. The van der Waals surface area contributed by atoms with Crippen molar-refractivity contribution in [3.63, 3.8) is 0 Å². The van der Waals surface area contributed by atoms with E-state index in [1.807, 2.05) is 36.6 Å². The molecule has 1 aromatic carbocycles. The number of fused-ring (bicyclic) bond motifs is 1. The Morgan fingerprint density at radius 1 is 1.33 bits per heavy atom. The third-order valence-electron chi connectivity index (χ3n) is 2.97. The van der Waals surface area contributed by atoms with Gasteiger partial charge in [0.2, 0.25) is 0 Å². The van der Waals surface area contributed by atoms with E-state index in [-0.39, 0.29) is 5.91 Å². The Bertz CT molecular complexity index is 770. The number of amides is 1. The molecule has 106 valence electrons. The molecule has 2 aromatic heterocycles. The number of anilines is 2. The zero-order valence-electron chi connectivity index (χ0n) is 11.5. The van der Waals surface area contributed by atoms with Crippen LogP contribution in [0.15, 0.2) is 41.9 Å². The number of thiazole rings is 1. The molecule has 1 amide bonds. The Morgan fingerprint density at radius 2 is 2.19 bits per heavy atom. The van der Waals surface area contributed by atoms with Gasteiger partial charge in [-0.05, 0) is 19.1 Å². The van der Waals surface area contributed by atoms with Gasteiger partial charge in [0, 0.05) is 23.5 Å². The van der Waals surface area contributed by atoms with E-state index in [0.717, 1.165) is 17.4 Å². The van der Waals surface area contributed by atoms with Crippen LogP contribution < -0.4 is 10.6 Å². The lowest BCUT2D eigenvalue weighted by Gasteiger charge is -2.09. The van der Waals surface area contributed by atoms with Crippen LogP contribution in [0.1, 0.15) is 17.3 Å². The first-order valence-corrected chi connectivity index (χ1v) is 7.50. The third kappa shape index (κ3) is 2.85. The van der Waals surface area contributed by atoms with Crippen molar-refractivity contribution < 1.29 is 4.79 Å². The number of carbonyl (C=O) groups excluding carboxylic acids is 1. The first-order valence-electron chi connectivity index (χ1n) is 6.62. The second-order valence-electron chi connectivity index (χ2n) is 4.39. The van der Waals surface area contributed by atoms with Gasteiger partial charge in [-0.15, -0.1) is 11.3 Å². The van der Waals surface area contributed by atoms with Gasteiger partial charge in [-0.2, -0.15) is 0 Å². The molecule has 2 heterocycles. The quantitative estimate of drug-likeness (QED) is 0.775. The summed E-state index contributed by atoms with van der Waals surface area (Å²) in [5.41, 5.74) is 1.38. The van der Waals surface area contributed by atoms with E-state index >= 15 is 0 Å². The van der Waals surface area contributed by atoms with Gasteiger partial charge in [0.1, 0.15) is 5.82 Å². The molecular weight excluding hydrogens is 284 g/mol. The van der Waals surface area contributed by atoms with Crippen molar-refractivity contribution in [1.82, 2.24) is 9.97 Å². The minimum Gasteiger partial charge on any atom is -0.370 e. The lowest BCUT2D eigenvalue weighted by Crippen LogP contribution is -2.13. The molecule has 0 bridgehead atoms. The van der Waals surface area contributed by atoms with Crippen LogP contribution in [0, 0.1) is 0 Å². The zero-order chi connectivity index (χ0) is 14.7. The van der Waals surface area contributed by atoms with Gasteiger partial charge in [0.15, 0.2) is 5.13 Å². The van der Waals surface area contributed by atoms with Crippen molar-refractivity contribution in [1.29, 1.82) is 0 Å². The molecule has 0 aliphatic carbocycles. The highest BCUT2D eigenvalue weighted by Gasteiger charge is 2.13. The van der Waals surface area contributed by atoms with Crippen molar-refractivity contribution in [2.75, 3.05) is 17.2 Å². The third-order valence-corrected chi connectivity index (χ3v) is 3.66. The summed E-state index contributed by atoms with van der Waals surface area (Å²) in [6.45, 7) is 2.74. The van der Waals surface area contributed by atoms with Crippen LogP contribution in [0.2, 0.25) is 0 Å². The Kier molecular flexibility index (Phi) is 3.79. The predicted molar refractivity (Wildman–Crippen MR) is 86.0 cm³/mol. The highest BCUT2D eigenvalue weighted by molar-refractivity contribution is 7.13. The van der Waals surface area contributed by atoms with Crippen molar-refractivity contribution >= 4 is 39.1 Å². The molecule has 0 saturated carbocycles. The molecule has 0 radical (unpaired) electrons. The van der Waals surface area contributed by atoms with Gasteiger partial charge in [0.25, 0.3) is 5.91 Å². The van der Waals surface area contributed by atoms with Crippen LogP contribution in [0.3, 0.4) is 0 Å². The summed E-state index contributed by atoms with van der Waals surface area (Å²) in [6.07, 6.45) is 1.66. The monoisotopic (exact) mass is 298 g/mol. The first-order chi connectivity index (χ1) is 10.3. The molecule has 0 saturated heterocycles. The Hall–Kier alpha value is -2.47. The first kappa shape index (κ1) is 13.5. The van der Waals surface area contributed by atoms with Gasteiger partial charge in [-0.25, -0.2) is 9.97 Å². The van der Waals surface area contributed by atoms with Gasteiger partial charge in [-0.1, -0.05) is 18.2 Å². The topological polar surface area (TPSA) is 66.9 Å². The Balaban J connectivity index is 2.04. The fraction of sp³-hybridized carbons (Fsp3) is 0.133. The minimum atomic E-state index is -0.178. The standard InChI is InChI=1S/C15H14N4OS/c1-2-16-13-9-11(10-5-3-4-6-12(10)18-13)14(20)19-15-17-7-8-21-15/h3-9H,2H2,1H3,(H,16,18)(H,17,19,20). The maximum atomic E-state index is 12.5. The molecule has 5 nitrogen and oxygen atoms in total. The average molecular weight is 298 g/mol. The predicted octanol–water partition coefficient (Wildman–Crippen LogP) is 3.38. The number of hydrogen-bond donors (Lipinski definition) is 2. The van der Waals surface area contributed by atoms with Crippen molar-refractivity contribution in [2.45, 2.75) is 6.92 Å². The second-order valence-corrected chi connectivity index (χ2v) is 5.29.